The number of nitrogens with zero attached hydrogens (tertiary/aromatic N) is 1. The first-order valence-corrected chi connectivity index (χ1v) is 6.15. The largest absolute Gasteiger partial charge is 0.393 e. The summed E-state index contributed by atoms with van der Waals surface area (Å²) in [7, 11) is 1.75. The third kappa shape index (κ3) is 4.91. The molecule has 3 nitrogen and oxygen atoms in total. The van der Waals surface area contributed by atoms with Crippen molar-refractivity contribution in [2.75, 3.05) is 33.4 Å². The van der Waals surface area contributed by atoms with Crippen LogP contribution in [0.15, 0.2) is 0 Å². The first-order valence-electron chi connectivity index (χ1n) is 5.74. The fraction of sp³-hybridized carbons (Fsp3) is 0.909. The Morgan fingerprint density at radius 3 is 3.00 bits per heavy atom. The summed E-state index contributed by atoms with van der Waals surface area (Å²) in [5, 5.41) is 0. The molecule has 0 saturated carbocycles. The minimum Gasteiger partial charge on any atom is -0.393 e. The zero-order valence-corrected chi connectivity index (χ0v) is 10.4. The maximum Gasteiger partial charge on any atom is 0.0771 e. The van der Waals surface area contributed by atoms with Crippen LogP contribution in [0.25, 0.3) is 0 Å². The Bertz CT molecular complexity index is 199. The maximum atomic E-state index is 5.69. The number of thiocarbonyl (C=S) groups is 1. The molecule has 1 heterocycles. The molecule has 1 unspecified atom stereocenters. The Balaban J connectivity index is 2.15. The van der Waals surface area contributed by atoms with E-state index in [9.17, 15) is 0 Å². The number of rotatable bonds is 6. The second-order valence-corrected chi connectivity index (χ2v) is 4.71. The van der Waals surface area contributed by atoms with E-state index < -0.39 is 0 Å². The third-order valence-electron chi connectivity index (χ3n) is 2.98. The molecule has 0 aromatic carbocycles. The monoisotopic (exact) mass is 230 g/mol. The fourth-order valence-corrected chi connectivity index (χ4v) is 2.27. The van der Waals surface area contributed by atoms with Crippen LogP contribution in [0.2, 0.25) is 0 Å². The number of hydrogen-bond donors (Lipinski definition) is 1. The van der Waals surface area contributed by atoms with Gasteiger partial charge in [-0.2, -0.15) is 0 Å². The van der Waals surface area contributed by atoms with Crippen LogP contribution in [-0.2, 0) is 4.74 Å². The molecule has 1 saturated heterocycles. The summed E-state index contributed by atoms with van der Waals surface area (Å²) < 4.78 is 5.03. The number of methoxy groups -OCH3 is 1. The smallest absolute Gasteiger partial charge is 0.0771 e. The molecule has 1 fully saturated rings. The summed E-state index contributed by atoms with van der Waals surface area (Å²) in [5.74, 6) is 0.441. The number of ether oxygens (including phenoxy) is 1. The van der Waals surface area contributed by atoms with E-state index in [1.807, 2.05) is 0 Å². The molecule has 1 atom stereocenters. The van der Waals surface area contributed by atoms with Gasteiger partial charge in [-0.15, -0.1) is 0 Å². The number of likely N-dealkylation sites (tertiary alicyclic amines) is 1. The lowest BCUT2D eigenvalue weighted by atomic mass is 9.98. The topological polar surface area (TPSA) is 38.5 Å². The molecule has 0 radical (unpaired) electrons. The minimum absolute atomic E-state index is 0.441. The normalized spacial score (nSPS) is 22.9. The van der Waals surface area contributed by atoms with Crippen LogP contribution in [0.5, 0.6) is 0 Å². The van der Waals surface area contributed by atoms with Gasteiger partial charge in [-0.3, -0.25) is 0 Å². The van der Waals surface area contributed by atoms with Gasteiger partial charge in [0, 0.05) is 26.2 Å². The van der Waals surface area contributed by atoms with Crippen molar-refractivity contribution < 1.29 is 4.74 Å². The van der Waals surface area contributed by atoms with Crippen molar-refractivity contribution in [1.29, 1.82) is 0 Å². The van der Waals surface area contributed by atoms with Crippen molar-refractivity contribution in [2.24, 2.45) is 11.7 Å². The SMILES string of the molecule is COCCCCN1CCCC(C(N)=S)C1. The van der Waals surface area contributed by atoms with Gasteiger partial charge in [0.2, 0.25) is 0 Å². The lowest BCUT2D eigenvalue weighted by Crippen LogP contribution is -2.40. The highest BCUT2D eigenvalue weighted by Crippen LogP contribution is 2.16. The first-order chi connectivity index (χ1) is 7.24. The van der Waals surface area contributed by atoms with Gasteiger partial charge >= 0.3 is 0 Å². The fourth-order valence-electron chi connectivity index (χ4n) is 2.07. The van der Waals surface area contributed by atoms with Gasteiger partial charge in [0.1, 0.15) is 0 Å². The van der Waals surface area contributed by atoms with Crippen LogP contribution in [0, 0.1) is 5.92 Å². The van der Waals surface area contributed by atoms with E-state index in [4.69, 9.17) is 22.7 Å². The van der Waals surface area contributed by atoms with Gasteiger partial charge in [0.25, 0.3) is 0 Å². The van der Waals surface area contributed by atoms with Crippen LogP contribution in [0.3, 0.4) is 0 Å². The van der Waals surface area contributed by atoms with Crippen molar-refractivity contribution in [2.45, 2.75) is 25.7 Å². The molecule has 0 spiro atoms. The second-order valence-electron chi connectivity index (χ2n) is 4.24. The second kappa shape index (κ2) is 7.14. The molecule has 88 valence electrons. The molecule has 0 aliphatic carbocycles. The lowest BCUT2D eigenvalue weighted by Gasteiger charge is -2.32. The van der Waals surface area contributed by atoms with Crippen molar-refractivity contribution in [1.82, 2.24) is 4.90 Å². The molecule has 1 aliphatic heterocycles. The van der Waals surface area contributed by atoms with E-state index in [0.29, 0.717) is 10.9 Å². The molecule has 1 rings (SSSR count). The molecule has 0 aromatic heterocycles. The van der Waals surface area contributed by atoms with E-state index in [2.05, 4.69) is 4.90 Å². The number of unbranched alkanes of at least 4 members (excludes halogenated alkanes) is 1. The highest BCUT2D eigenvalue weighted by atomic mass is 32.1. The van der Waals surface area contributed by atoms with Gasteiger partial charge in [-0.25, -0.2) is 0 Å². The molecular formula is C11H22N2OS. The first kappa shape index (κ1) is 12.9. The maximum absolute atomic E-state index is 5.69. The van der Waals surface area contributed by atoms with Crippen LogP contribution < -0.4 is 5.73 Å². The van der Waals surface area contributed by atoms with Crippen molar-refractivity contribution in [3.63, 3.8) is 0 Å². The molecule has 15 heavy (non-hydrogen) atoms. The molecule has 4 heteroatoms. The molecule has 0 aromatic rings. The molecule has 0 amide bonds. The highest BCUT2D eigenvalue weighted by Gasteiger charge is 2.20. The Kier molecular flexibility index (Phi) is 6.13. The average molecular weight is 230 g/mol. The zero-order chi connectivity index (χ0) is 11.1. The van der Waals surface area contributed by atoms with E-state index in [1.165, 1.54) is 25.8 Å². The van der Waals surface area contributed by atoms with E-state index in [0.717, 1.165) is 26.1 Å². The Labute approximate surface area is 98.0 Å². The van der Waals surface area contributed by atoms with Crippen LogP contribution in [0.1, 0.15) is 25.7 Å². The summed E-state index contributed by atoms with van der Waals surface area (Å²) in [4.78, 5) is 3.17. The average Bonchev–Trinajstić information content (AvgIpc) is 2.25. The number of nitrogens with two attached hydrogens (primary N) is 1. The molecule has 0 bridgehead atoms. The Morgan fingerprint density at radius 2 is 2.33 bits per heavy atom. The third-order valence-corrected chi connectivity index (χ3v) is 3.31. The molecular weight excluding hydrogens is 208 g/mol. The summed E-state index contributed by atoms with van der Waals surface area (Å²) in [5.41, 5.74) is 5.69. The quantitative estimate of drug-likeness (QED) is 0.553. The standard InChI is InChI=1S/C11H22N2OS/c1-14-8-3-2-6-13-7-4-5-10(9-13)11(12)15/h10H,2-9H2,1H3,(H2,12,15). The summed E-state index contributed by atoms with van der Waals surface area (Å²) in [6, 6.07) is 0. The van der Waals surface area contributed by atoms with Gasteiger partial charge < -0.3 is 15.4 Å². The van der Waals surface area contributed by atoms with Gasteiger partial charge in [0.15, 0.2) is 0 Å². The van der Waals surface area contributed by atoms with Crippen molar-refractivity contribution in [3.05, 3.63) is 0 Å². The predicted molar refractivity (Wildman–Crippen MR) is 67.1 cm³/mol. The minimum atomic E-state index is 0.441. The Morgan fingerprint density at radius 1 is 1.53 bits per heavy atom. The van der Waals surface area contributed by atoms with Crippen molar-refractivity contribution >= 4 is 17.2 Å². The van der Waals surface area contributed by atoms with Gasteiger partial charge in [-0.05, 0) is 38.8 Å². The lowest BCUT2D eigenvalue weighted by molar-refractivity contribution is 0.171. The van der Waals surface area contributed by atoms with Crippen molar-refractivity contribution in [3.8, 4) is 0 Å². The number of piperidine rings is 1. The summed E-state index contributed by atoms with van der Waals surface area (Å²) in [6.45, 7) is 4.28. The highest BCUT2D eigenvalue weighted by molar-refractivity contribution is 7.80. The van der Waals surface area contributed by atoms with Crippen LogP contribution in [0.4, 0.5) is 0 Å². The van der Waals surface area contributed by atoms with E-state index in [1.54, 1.807) is 7.11 Å². The van der Waals surface area contributed by atoms with Crippen LogP contribution >= 0.6 is 12.2 Å². The van der Waals surface area contributed by atoms with Crippen LogP contribution in [-0.4, -0.2) is 43.2 Å². The van der Waals surface area contributed by atoms with E-state index in [-0.39, 0.29) is 0 Å². The summed E-state index contributed by atoms with van der Waals surface area (Å²) in [6.07, 6.45) is 4.75. The zero-order valence-electron chi connectivity index (χ0n) is 9.58. The molecule has 2 N–H and O–H groups in total. The van der Waals surface area contributed by atoms with Gasteiger partial charge in [-0.1, -0.05) is 12.2 Å². The Hall–Kier alpha value is -0.190. The molecule has 1 aliphatic rings. The van der Waals surface area contributed by atoms with Gasteiger partial charge in [0.05, 0.1) is 4.99 Å². The summed E-state index contributed by atoms with van der Waals surface area (Å²) >= 11 is 5.05. The van der Waals surface area contributed by atoms with E-state index >= 15 is 0 Å². The predicted octanol–water partition coefficient (Wildman–Crippen LogP) is 1.41. The number of hydrogen-bond acceptors (Lipinski definition) is 3.